The zero-order valence-electron chi connectivity index (χ0n) is 8.40. The summed E-state index contributed by atoms with van der Waals surface area (Å²) in [4.78, 5) is 12.6. The van der Waals surface area contributed by atoms with E-state index in [1.54, 1.807) is 6.92 Å². The van der Waals surface area contributed by atoms with Gasteiger partial charge in [0.1, 0.15) is 5.54 Å². The second kappa shape index (κ2) is 3.10. The number of rotatable bonds is 2. The average molecular weight is 222 g/mol. The standard InChI is InChI=1S/C9H13F3N2O/c1-2-6-7(15)14(5-13-6)8(3-4-8)9(10,11)12/h6,13H,2-5H2,1H3. The van der Waals surface area contributed by atoms with Crippen LogP contribution in [-0.2, 0) is 4.79 Å². The Hall–Kier alpha value is -0.780. The molecule has 1 N–H and O–H groups in total. The highest BCUT2D eigenvalue weighted by molar-refractivity contribution is 5.85. The zero-order chi connectivity index (χ0) is 11.3. The fraction of sp³-hybridized carbons (Fsp3) is 0.889. The summed E-state index contributed by atoms with van der Waals surface area (Å²) in [5, 5.41) is 2.80. The Morgan fingerprint density at radius 1 is 1.53 bits per heavy atom. The van der Waals surface area contributed by atoms with E-state index in [0.29, 0.717) is 6.42 Å². The number of hydrogen-bond donors (Lipinski definition) is 1. The van der Waals surface area contributed by atoms with Crippen LogP contribution in [0.5, 0.6) is 0 Å². The molecule has 0 aromatic carbocycles. The quantitative estimate of drug-likeness (QED) is 0.762. The van der Waals surface area contributed by atoms with Crippen LogP contribution in [0.15, 0.2) is 0 Å². The maximum Gasteiger partial charge on any atom is 0.411 e. The van der Waals surface area contributed by atoms with E-state index in [4.69, 9.17) is 0 Å². The molecule has 0 aromatic rings. The smallest absolute Gasteiger partial charge is 0.314 e. The lowest BCUT2D eigenvalue weighted by Gasteiger charge is -2.29. The summed E-state index contributed by atoms with van der Waals surface area (Å²) in [7, 11) is 0. The van der Waals surface area contributed by atoms with Gasteiger partial charge >= 0.3 is 6.18 Å². The minimum absolute atomic E-state index is 0.0247. The number of carbonyl (C=O) groups excluding carboxylic acids is 1. The molecule has 0 spiro atoms. The Morgan fingerprint density at radius 2 is 2.13 bits per heavy atom. The van der Waals surface area contributed by atoms with Crippen molar-refractivity contribution in [1.29, 1.82) is 0 Å². The molecule has 1 atom stereocenters. The van der Waals surface area contributed by atoms with E-state index < -0.39 is 23.7 Å². The molecule has 2 rings (SSSR count). The van der Waals surface area contributed by atoms with E-state index in [1.807, 2.05) is 0 Å². The molecule has 0 aromatic heterocycles. The van der Waals surface area contributed by atoms with Gasteiger partial charge in [-0.25, -0.2) is 0 Å². The van der Waals surface area contributed by atoms with Crippen LogP contribution in [0.3, 0.4) is 0 Å². The summed E-state index contributed by atoms with van der Waals surface area (Å²) >= 11 is 0. The second-order valence-corrected chi connectivity index (χ2v) is 4.12. The van der Waals surface area contributed by atoms with E-state index in [-0.39, 0.29) is 19.5 Å². The SMILES string of the molecule is CCC1NCN(C2(C(F)(F)F)CC2)C1=O. The molecule has 1 amide bonds. The molecule has 2 fully saturated rings. The Morgan fingerprint density at radius 3 is 2.47 bits per heavy atom. The lowest BCUT2D eigenvalue weighted by Crippen LogP contribution is -2.50. The maximum absolute atomic E-state index is 12.7. The van der Waals surface area contributed by atoms with Crippen molar-refractivity contribution in [3.05, 3.63) is 0 Å². The van der Waals surface area contributed by atoms with E-state index in [9.17, 15) is 18.0 Å². The van der Waals surface area contributed by atoms with E-state index in [0.717, 1.165) is 4.90 Å². The Labute approximate surface area is 85.6 Å². The summed E-state index contributed by atoms with van der Waals surface area (Å²) in [6.45, 7) is 1.81. The van der Waals surface area contributed by atoms with Gasteiger partial charge in [-0.1, -0.05) is 6.92 Å². The normalized spacial score (nSPS) is 29.7. The van der Waals surface area contributed by atoms with Crippen LogP contribution in [0.4, 0.5) is 13.2 Å². The first kappa shape index (κ1) is 10.7. The predicted molar refractivity (Wildman–Crippen MR) is 46.9 cm³/mol. The molecule has 15 heavy (non-hydrogen) atoms. The molecule has 1 saturated carbocycles. The molecule has 1 saturated heterocycles. The Bertz CT molecular complexity index is 286. The number of hydrogen-bond acceptors (Lipinski definition) is 2. The topological polar surface area (TPSA) is 32.3 Å². The van der Waals surface area contributed by atoms with Crippen LogP contribution in [0, 0.1) is 0 Å². The molecule has 2 aliphatic rings. The average Bonchev–Trinajstić information content (AvgIpc) is 2.86. The fourth-order valence-corrected chi connectivity index (χ4v) is 2.06. The first-order chi connectivity index (χ1) is 6.92. The number of nitrogens with zero attached hydrogens (tertiary/aromatic N) is 1. The molecule has 1 aliphatic carbocycles. The van der Waals surface area contributed by atoms with Crippen LogP contribution in [0.25, 0.3) is 0 Å². The van der Waals surface area contributed by atoms with Crippen LogP contribution >= 0.6 is 0 Å². The van der Waals surface area contributed by atoms with Gasteiger partial charge in [0.25, 0.3) is 0 Å². The summed E-state index contributed by atoms with van der Waals surface area (Å²) in [6.07, 6.45) is -3.68. The summed E-state index contributed by atoms with van der Waals surface area (Å²) in [6, 6.07) is -0.440. The van der Waals surface area contributed by atoms with Crippen molar-refractivity contribution in [3.8, 4) is 0 Å². The number of halogens is 3. The first-order valence-electron chi connectivity index (χ1n) is 5.04. The first-order valence-corrected chi connectivity index (χ1v) is 5.04. The van der Waals surface area contributed by atoms with Crippen molar-refractivity contribution in [2.45, 2.75) is 43.9 Å². The van der Waals surface area contributed by atoms with Crippen molar-refractivity contribution >= 4 is 5.91 Å². The molecule has 0 radical (unpaired) electrons. The fourth-order valence-electron chi connectivity index (χ4n) is 2.06. The maximum atomic E-state index is 12.7. The van der Waals surface area contributed by atoms with Gasteiger partial charge in [0.15, 0.2) is 0 Å². The Balaban J connectivity index is 2.17. The summed E-state index contributed by atoms with van der Waals surface area (Å²) in [5.74, 6) is -0.410. The van der Waals surface area contributed by atoms with Crippen molar-refractivity contribution in [2.24, 2.45) is 0 Å². The van der Waals surface area contributed by atoms with Gasteiger partial charge in [-0.05, 0) is 19.3 Å². The molecular formula is C9H13F3N2O. The Kier molecular flexibility index (Phi) is 2.22. The molecule has 0 bridgehead atoms. The van der Waals surface area contributed by atoms with Gasteiger partial charge in [-0.2, -0.15) is 13.2 Å². The highest BCUT2D eigenvalue weighted by atomic mass is 19.4. The van der Waals surface area contributed by atoms with Crippen molar-refractivity contribution in [3.63, 3.8) is 0 Å². The van der Waals surface area contributed by atoms with E-state index in [1.165, 1.54) is 0 Å². The highest BCUT2D eigenvalue weighted by Crippen LogP contribution is 2.54. The van der Waals surface area contributed by atoms with E-state index in [2.05, 4.69) is 5.32 Å². The number of nitrogens with one attached hydrogen (secondary N) is 1. The second-order valence-electron chi connectivity index (χ2n) is 4.12. The third-order valence-corrected chi connectivity index (χ3v) is 3.24. The van der Waals surface area contributed by atoms with Crippen LogP contribution < -0.4 is 5.32 Å². The van der Waals surface area contributed by atoms with Gasteiger partial charge in [0.05, 0.1) is 12.7 Å². The van der Waals surface area contributed by atoms with Crippen LogP contribution in [0.2, 0.25) is 0 Å². The summed E-state index contributed by atoms with van der Waals surface area (Å²) in [5.41, 5.74) is -1.86. The zero-order valence-corrected chi connectivity index (χ0v) is 8.40. The van der Waals surface area contributed by atoms with Gasteiger partial charge in [0.2, 0.25) is 5.91 Å². The monoisotopic (exact) mass is 222 g/mol. The van der Waals surface area contributed by atoms with E-state index >= 15 is 0 Å². The van der Waals surface area contributed by atoms with Crippen LogP contribution in [0.1, 0.15) is 26.2 Å². The minimum atomic E-state index is -4.30. The number of amides is 1. The molecule has 1 heterocycles. The van der Waals surface area contributed by atoms with Gasteiger partial charge in [-0.3, -0.25) is 10.1 Å². The van der Waals surface area contributed by atoms with Crippen molar-refractivity contribution in [1.82, 2.24) is 10.2 Å². The lowest BCUT2D eigenvalue weighted by molar-refractivity contribution is -0.197. The van der Waals surface area contributed by atoms with Gasteiger partial charge in [0, 0.05) is 0 Å². The molecule has 3 nitrogen and oxygen atoms in total. The van der Waals surface area contributed by atoms with Gasteiger partial charge in [-0.15, -0.1) is 0 Å². The molecule has 86 valence electrons. The molecule has 6 heteroatoms. The largest absolute Gasteiger partial charge is 0.411 e. The molecule has 1 aliphatic heterocycles. The molecular weight excluding hydrogens is 209 g/mol. The van der Waals surface area contributed by atoms with Crippen LogP contribution in [-0.4, -0.2) is 35.2 Å². The lowest BCUT2D eigenvalue weighted by atomic mass is 10.2. The van der Waals surface area contributed by atoms with Crippen molar-refractivity contribution in [2.75, 3.05) is 6.67 Å². The van der Waals surface area contributed by atoms with Crippen molar-refractivity contribution < 1.29 is 18.0 Å². The molecule has 1 unspecified atom stereocenters. The third-order valence-electron chi connectivity index (χ3n) is 3.24. The number of alkyl halides is 3. The minimum Gasteiger partial charge on any atom is -0.314 e. The predicted octanol–water partition coefficient (Wildman–Crippen LogP) is 1.25. The number of carbonyl (C=O) groups is 1. The summed E-state index contributed by atoms with van der Waals surface area (Å²) < 4.78 is 38.2. The highest BCUT2D eigenvalue weighted by Gasteiger charge is 2.69. The third kappa shape index (κ3) is 1.42. The van der Waals surface area contributed by atoms with Gasteiger partial charge < -0.3 is 4.90 Å².